The van der Waals surface area contributed by atoms with E-state index in [0.29, 0.717) is 24.9 Å². The summed E-state index contributed by atoms with van der Waals surface area (Å²) in [5.41, 5.74) is 3.84. The van der Waals surface area contributed by atoms with Gasteiger partial charge in [-0.25, -0.2) is 0 Å². The van der Waals surface area contributed by atoms with Gasteiger partial charge in [0.25, 0.3) is 5.91 Å². The Bertz CT molecular complexity index is 472. The summed E-state index contributed by atoms with van der Waals surface area (Å²) in [4.78, 5) is 25.0. The molecule has 1 aromatic carbocycles. The average Bonchev–Trinajstić information content (AvgIpc) is 2.43. The lowest BCUT2D eigenvalue weighted by molar-refractivity contribution is -0.132. The van der Waals surface area contributed by atoms with Crippen molar-refractivity contribution in [2.75, 3.05) is 19.0 Å². The normalized spacial score (nSPS) is 19.2. The first-order valence-corrected chi connectivity index (χ1v) is 6.21. The van der Waals surface area contributed by atoms with E-state index < -0.39 is 0 Å². The molecule has 6 nitrogen and oxygen atoms in total. The highest BCUT2D eigenvalue weighted by Gasteiger charge is 2.24. The number of piperidine rings is 1. The third-order valence-corrected chi connectivity index (χ3v) is 3.28. The van der Waals surface area contributed by atoms with Gasteiger partial charge in [0.05, 0.1) is 0 Å². The monoisotopic (exact) mass is 262 g/mol. The van der Waals surface area contributed by atoms with Gasteiger partial charge in [-0.2, -0.15) is 0 Å². The quantitative estimate of drug-likeness (QED) is 0.541. The lowest BCUT2D eigenvalue weighted by Gasteiger charge is -2.30. The number of likely N-dealkylation sites (N-methyl/N-ethyl adjacent to an activating group) is 1. The summed E-state index contributed by atoms with van der Waals surface area (Å²) >= 11 is 0. The Morgan fingerprint density at radius 3 is 2.63 bits per heavy atom. The molecule has 0 saturated carbocycles. The fourth-order valence-corrected chi connectivity index (χ4v) is 2.12. The van der Waals surface area contributed by atoms with Crippen LogP contribution in [0.25, 0.3) is 0 Å². The standard InChI is InChI=1S/C13H18N4O2/c1-17-8-11(6-7-12(17)18)15-13(19)9-2-4-10(16-14)5-3-9/h2-5,11,16H,6-8,14H2,1H3,(H,15,19). The molecule has 0 radical (unpaired) electrons. The van der Waals surface area contributed by atoms with Crippen LogP contribution in [-0.2, 0) is 4.79 Å². The molecule has 19 heavy (non-hydrogen) atoms. The topological polar surface area (TPSA) is 87.5 Å². The second-order valence-corrected chi connectivity index (χ2v) is 4.71. The molecule has 0 spiro atoms. The smallest absolute Gasteiger partial charge is 0.251 e. The molecule has 1 heterocycles. The van der Waals surface area contributed by atoms with Gasteiger partial charge in [-0.3, -0.25) is 15.4 Å². The predicted molar refractivity (Wildman–Crippen MR) is 72.4 cm³/mol. The van der Waals surface area contributed by atoms with Crippen molar-refractivity contribution >= 4 is 17.5 Å². The van der Waals surface area contributed by atoms with E-state index in [1.165, 1.54) is 0 Å². The Morgan fingerprint density at radius 1 is 1.37 bits per heavy atom. The van der Waals surface area contributed by atoms with Crippen LogP contribution in [0.2, 0.25) is 0 Å². The zero-order valence-electron chi connectivity index (χ0n) is 10.8. The summed E-state index contributed by atoms with van der Waals surface area (Å²) in [5, 5.41) is 2.94. The Hall–Kier alpha value is -2.08. The van der Waals surface area contributed by atoms with E-state index in [1.54, 1.807) is 36.2 Å². The lowest BCUT2D eigenvalue weighted by atomic mass is 10.0. The van der Waals surface area contributed by atoms with Crippen LogP contribution in [-0.4, -0.2) is 36.3 Å². The van der Waals surface area contributed by atoms with Crippen LogP contribution in [0.1, 0.15) is 23.2 Å². The maximum Gasteiger partial charge on any atom is 0.251 e. The molecule has 1 aliphatic heterocycles. The molecule has 1 saturated heterocycles. The maximum absolute atomic E-state index is 12.0. The summed E-state index contributed by atoms with van der Waals surface area (Å²) in [7, 11) is 1.75. The summed E-state index contributed by atoms with van der Waals surface area (Å²) < 4.78 is 0. The van der Waals surface area contributed by atoms with E-state index in [0.717, 1.165) is 5.69 Å². The van der Waals surface area contributed by atoms with Gasteiger partial charge < -0.3 is 15.6 Å². The minimum atomic E-state index is -0.128. The molecule has 102 valence electrons. The van der Waals surface area contributed by atoms with Gasteiger partial charge >= 0.3 is 0 Å². The summed E-state index contributed by atoms with van der Waals surface area (Å²) in [6.07, 6.45) is 1.18. The first-order valence-electron chi connectivity index (χ1n) is 6.21. The molecule has 2 rings (SSSR count). The van der Waals surface area contributed by atoms with Crippen LogP contribution < -0.4 is 16.6 Å². The number of nitrogens with one attached hydrogen (secondary N) is 2. The van der Waals surface area contributed by atoms with Crippen molar-refractivity contribution in [1.82, 2.24) is 10.2 Å². The van der Waals surface area contributed by atoms with Crippen molar-refractivity contribution in [1.29, 1.82) is 0 Å². The zero-order valence-corrected chi connectivity index (χ0v) is 10.8. The number of benzene rings is 1. The molecule has 0 bridgehead atoms. The van der Waals surface area contributed by atoms with E-state index in [2.05, 4.69) is 10.7 Å². The molecule has 0 aliphatic carbocycles. The van der Waals surface area contributed by atoms with Crippen molar-refractivity contribution in [2.24, 2.45) is 5.84 Å². The van der Waals surface area contributed by atoms with Crippen LogP contribution in [0.15, 0.2) is 24.3 Å². The van der Waals surface area contributed by atoms with Gasteiger partial charge in [-0.05, 0) is 30.7 Å². The first kappa shape index (κ1) is 13.4. The van der Waals surface area contributed by atoms with Gasteiger partial charge in [-0.15, -0.1) is 0 Å². The highest BCUT2D eigenvalue weighted by molar-refractivity contribution is 5.94. The number of carbonyl (C=O) groups is 2. The van der Waals surface area contributed by atoms with Gasteiger partial charge in [0, 0.05) is 37.3 Å². The van der Waals surface area contributed by atoms with Gasteiger partial charge in [0.2, 0.25) is 5.91 Å². The van der Waals surface area contributed by atoms with E-state index >= 15 is 0 Å². The molecule has 2 amide bonds. The summed E-state index contributed by atoms with van der Waals surface area (Å²) in [6, 6.07) is 6.92. The van der Waals surface area contributed by atoms with Crippen LogP contribution >= 0.6 is 0 Å². The van der Waals surface area contributed by atoms with Crippen molar-refractivity contribution in [2.45, 2.75) is 18.9 Å². The number of hydrogen-bond acceptors (Lipinski definition) is 4. The number of nitrogens with zero attached hydrogens (tertiary/aromatic N) is 1. The number of amides is 2. The molecular weight excluding hydrogens is 244 g/mol. The zero-order chi connectivity index (χ0) is 13.8. The van der Waals surface area contributed by atoms with Crippen LogP contribution in [0.5, 0.6) is 0 Å². The molecule has 0 aromatic heterocycles. The van der Waals surface area contributed by atoms with Crippen molar-refractivity contribution in [3.8, 4) is 0 Å². The van der Waals surface area contributed by atoms with Gasteiger partial charge in [-0.1, -0.05) is 0 Å². The van der Waals surface area contributed by atoms with Crippen LogP contribution in [0.4, 0.5) is 5.69 Å². The van der Waals surface area contributed by atoms with E-state index in [9.17, 15) is 9.59 Å². The summed E-state index contributed by atoms with van der Waals surface area (Å²) in [6.45, 7) is 0.563. The third-order valence-electron chi connectivity index (χ3n) is 3.28. The molecular formula is C13H18N4O2. The fourth-order valence-electron chi connectivity index (χ4n) is 2.12. The molecule has 1 aromatic rings. The number of anilines is 1. The third kappa shape index (κ3) is 3.23. The van der Waals surface area contributed by atoms with E-state index in [1.807, 2.05) is 0 Å². The van der Waals surface area contributed by atoms with Crippen molar-refractivity contribution in [3.63, 3.8) is 0 Å². The second-order valence-electron chi connectivity index (χ2n) is 4.71. The highest BCUT2D eigenvalue weighted by atomic mass is 16.2. The average molecular weight is 262 g/mol. The number of hydrazine groups is 1. The highest BCUT2D eigenvalue weighted by Crippen LogP contribution is 2.12. The van der Waals surface area contributed by atoms with Gasteiger partial charge in [0.1, 0.15) is 0 Å². The Labute approximate surface area is 111 Å². The lowest BCUT2D eigenvalue weighted by Crippen LogP contribution is -2.48. The Balaban J connectivity index is 1.95. The molecule has 1 unspecified atom stereocenters. The maximum atomic E-state index is 12.0. The molecule has 1 aliphatic rings. The van der Waals surface area contributed by atoms with E-state index in [4.69, 9.17) is 5.84 Å². The largest absolute Gasteiger partial charge is 0.348 e. The molecule has 1 fully saturated rings. The number of rotatable bonds is 3. The number of carbonyl (C=O) groups excluding carboxylic acids is 2. The predicted octanol–water partition coefficient (Wildman–Crippen LogP) is 0.323. The molecule has 4 N–H and O–H groups in total. The number of nitrogen functional groups attached to an aromatic ring is 1. The SMILES string of the molecule is CN1CC(NC(=O)c2ccc(NN)cc2)CCC1=O. The first-order chi connectivity index (χ1) is 9.10. The Morgan fingerprint density at radius 2 is 2.05 bits per heavy atom. The number of nitrogens with two attached hydrogens (primary N) is 1. The minimum absolute atomic E-state index is 0.0162. The van der Waals surface area contributed by atoms with Crippen molar-refractivity contribution in [3.05, 3.63) is 29.8 Å². The van der Waals surface area contributed by atoms with E-state index in [-0.39, 0.29) is 17.9 Å². The fraction of sp³-hybridized carbons (Fsp3) is 0.385. The van der Waals surface area contributed by atoms with Crippen molar-refractivity contribution < 1.29 is 9.59 Å². The number of likely N-dealkylation sites (tertiary alicyclic amines) is 1. The molecule has 6 heteroatoms. The molecule has 1 atom stereocenters. The number of hydrogen-bond donors (Lipinski definition) is 3. The van der Waals surface area contributed by atoms with Crippen LogP contribution in [0, 0.1) is 0 Å². The van der Waals surface area contributed by atoms with Gasteiger partial charge in [0.15, 0.2) is 0 Å². The summed E-state index contributed by atoms with van der Waals surface area (Å²) in [5.74, 6) is 5.27. The second kappa shape index (κ2) is 5.71. The minimum Gasteiger partial charge on any atom is -0.348 e. The Kier molecular flexibility index (Phi) is 4.01. The van der Waals surface area contributed by atoms with Crippen LogP contribution in [0.3, 0.4) is 0 Å².